The van der Waals surface area contributed by atoms with Gasteiger partial charge in [0.15, 0.2) is 0 Å². The van der Waals surface area contributed by atoms with Crippen molar-refractivity contribution in [3.05, 3.63) is 52.8 Å². The van der Waals surface area contributed by atoms with E-state index in [4.69, 9.17) is 11.6 Å². The minimum atomic E-state index is -4.49. The van der Waals surface area contributed by atoms with Gasteiger partial charge in [0.25, 0.3) is 5.91 Å². The van der Waals surface area contributed by atoms with Crippen LogP contribution in [0.1, 0.15) is 28.9 Å². The summed E-state index contributed by atoms with van der Waals surface area (Å²) in [5.41, 5.74) is -0.0912. The second-order valence-electron chi connectivity index (χ2n) is 5.74. The van der Waals surface area contributed by atoms with Gasteiger partial charge in [-0.05, 0) is 43.2 Å². The largest absolute Gasteiger partial charge is 0.416 e. The molecular weight excluding hydrogens is 355 g/mol. The molecule has 1 saturated heterocycles. The molecule has 0 saturated carbocycles. The number of hydrogen-bond acceptors (Lipinski definition) is 3. The molecule has 1 aromatic heterocycles. The van der Waals surface area contributed by atoms with E-state index in [0.29, 0.717) is 10.7 Å². The Labute approximate surface area is 147 Å². The van der Waals surface area contributed by atoms with Gasteiger partial charge in [-0.25, -0.2) is 0 Å². The van der Waals surface area contributed by atoms with Gasteiger partial charge in [0.05, 0.1) is 16.9 Å². The quantitative estimate of drug-likeness (QED) is 0.859. The molecule has 1 N–H and O–H groups in total. The average Bonchev–Trinajstić information content (AvgIpc) is 3.08. The fraction of sp³-hybridized carbons (Fsp3) is 0.294. The number of carbonyl (C=O) groups excluding carboxylic acids is 1. The monoisotopic (exact) mass is 369 g/mol. The third kappa shape index (κ3) is 4.04. The number of carbonyl (C=O) groups is 1. The Bertz CT molecular complexity index is 789. The molecule has 4 nitrogen and oxygen atoms in total. The van der Waals surface area contributed by atoms with Gasteiger partial charge in [-0.15, -0.1) is 0 Å². The molecule has 0 spiro atoms. The number of benzene rings is 1. The number of nitrogens with zero attached hydrogens (tertiary/aromatic N) is 2. The Morgan fingerprint density at radius 1 is 1.16 bits per heavy atom. The maximum Gasteiger partial charge on any atom is 0.416 e. The second-order valence-corrected chi connectivity index (χ2v) is 6.17. The van der Waals surface area contributed by atoms with Crippen LogP contribution in [0.25, 0.3) is 0 Å². The molecule has 25 heavy (non-hydrogen) atoms. The summed E-state index contributed by atoms with van der Waals surface area (Å²) in [6.07, 6.45) is -1.20. The van der Waals surface area contributed by atoms with Gasteiger partial charge in [-0.2, -0.15) is 13.2 Å². The molecule has 1 amide bonds. The number of nitrogens with one attached hydrogen (secondary N) is 1. The SMILES string of the molecule is O=C(Nc1cc(C(F)(F)F)ccc1N1CCCC1)c1cc(Cl)ccn1. The summed E-state index contributed by atoms with van der Waals surface area (Å²) in [6.45, 7) is 1.48. The van der Waals surface area contributed by atoms with Crippen molar-refractivity contribution in [1.82, 2.24) is 4.98 Å². The second kappa shape index (κ2) is 6.92. The molecule has 1 aliphatic rings. The van der Waals surface area contributed by atoms with Crippen molar-refractivity contribution in [2.45, 2.75) is 19.0 Å². The number of anilines is 2. The first kappa shape index (κ1) is 17.5. The van der Waals surface area contributed by atoms with Crippen molar-refractivity contribution in [2.24, 2.45) is 0 Å². The summed E-state index contributed by atoms with van der Waals surface area (Å²) in [5.74, 6) is -0.609. The summed E-state index contributed by atoms with van der Waals surface area (Å²) < 4.78 is 39.1. The normalized spacial score (nSPS) is 14.6. The van der Waals surface area contributed by atoms with Gasteiger partial charge >= 0.3 is 6.18 Å². The van der Waals surface area contributed by atoms with Crippen molar-refractivity contribution in [3.8, 4) is 0 Å². The average molecular weight is 370 g/mol. The molecule has 1 fully saturated rings. The van der Waals surface area contributed by atoms with Crippen molar-refractivity contribution < 1.29 is 18.0 Å². The van der Waals surface area contributed by atoms with Crippen LogP contribution < -0.4 is 10.2 Å². The molecule has 0 atom stereocenters. The van der Waals surface area contributed by atoms with E-state index in [2.05, 4.69) is 10.3 Å². The molecule has 2 aromatic rings. The number of alkyl halides is 3. The highest BCUT2D eigenvalue weighted by Crippen LogP contribution is 2.36. The van der Waals surface area contributed by atoms with Crippen LogP contribution in [0, 0.1) is 0 Å². The molecule has 3 rings (SSSR count). The molecule has 1 aliphatic heterocycles. The summed E-state index contributed by atoms with van der Waals surface area (Å²) in [7, 11) is 0. The Hall–Kier alpha value is -2.28. The zero-order valence-electron chi connectivity index (χ0n) is 13.1. The summed E-state index contributed by atoms with van der Waals surface area (Å²) in [6, 6.07) is 6.25. The van der Waals surface area contributed by atoms with Crippen molar-refractivity contribution in [2.75, 3.05) is 23.3 Å². The number of pyridine rings is 1. The van der Waals surface area contributed by atoms with Gasteiger partial charge < -0.3 is 10.2 Å². The zero-order chi connectivity index (χ0) is 18.0. The first-order chi connectivity index (χ1) is 11.8. The van der Waals surface area contributed by atoms with Crippen LogP contribution in [0.2, 0.25) is 5.02 Å². The molecule has 0 aliphatic carbocycles. The van der Waals surface area contributed by atoms with Crippen LogP contribution in [0.3, 0.4) is 0 Å². The fourth-order valence-corrected chi connectivity index (χ4v) is 2.92. The maximum atomic E-state index is 13.0. The topological polar surface area (TPSA) is 45.2 Å². The van der Waals surface area contributed by atoms with Gasteiger partial charge in [-0.3, -0.25) is 9.78 Å². The first-order valence-electron chi connectivity index (χ1n) is 7.74. The van der Waals surface area contributed by atoms with Gasteiger partial charge in [0.2, 0.25) is 0 Å². The molecule has 1 aromatic carbocycles. The van der Waals surface area contributed by atoms with Crippen LogP contribution in [0.5, 0.6) is 0 Å². The molecule has 2 heterocycles. The van der Waals surface area contributed by atoms with Gasteiger partial charge in [-0.1, -0.05) is 11.6 Å². The number of rotatable bonds is 3. The van der Waals surface area contributed by atoms with Crippen LogP contribution in [-0.4, -0.2) is 24.0 Å². The van der Waals surface area contributed by atoms with E-state index >= 15 is 0 Å². The third-order valence-electron chi connectivity index (χ3n) is 3.97. The molecule has 132 valence electrons. The minimum absolute atomic E-state index is 0.0392. The highest BCUT2D eigenvalue weighted by molar-refractivity contribution is 6.31. The zero-order valence-corrected chi connectivity index (χ0v) is 13.9. The lowest BCUT2D eigenvalue weighted by Crippen LogP contribution is -2.22. The van der Waals surface area contributed by atoms with E-state index in [9.17, 15) is 18.0 Å². The number of aromatic nitrogens is 1. The van der Waals surface area contributed by atoms with Crippen molar-refractivity contribution >= 4 is 28.9 Å². The third-order valence-corrected chi connectivity index (χ3v) is 4.21. The Morgan fingerprint density at radius 2 is 1.88 bits per heavy atom. The molecule has 0 unspecified atom stereocenters. The smallest absolute Gasteiger partial charge is 0.370 e. The summed E-state index contributed by atoms with van der Waals surface area (Å²) >= 11 is 5.83. The highest BCUT2D eigenvalue weighted by Gasteiger charge is 2.32. The number of halogens is 4. The van der Waals surface area contributed by atoms with Crippen LogP contribution in [-0.2, 0) is 6.18 Å². The fourth-order valence-electron chi connectivity index (χ4n) is 2.76. The number of amides is 1. The summed E-state index contributed by atoms with van der Waals surface area (Å²) in [4.78, 5) is 18.2. The van der Waals surface area contributed by atoms with E-state index in [1.54, 1.807) is 0 Å². The Balaban J connectivity index is 1.95. The van der Waals surface area contributed by atoms with E-state index in [1.165, 1.54) is 24.4 Å². The van der Waals surface area contributed by atoms with E-state index in [1.807, 2.05) is 4.90 Å². The van der Waals surface area contributed by atoms with Crippen LogP contribution in [0.15, 0.2) is 36.5 Å². The van der Waals surface area contributed by atoms with Crippen molar-refractivity contribution in [1.29, 1.82) is 0 Å². The first-order valence-corrected chi connectivity index (χ1v) is 8.11. The highest BCUT2D eigenvalue weighted by atomic mass is 35.5. The molecule has 0 bridgehead atoms. The summed E-state index contributed by atoms with van der Waals surface area (Å²) in [5, 5.41) is 2.86. The Kier molecular flexibility index (Phi) is 4.85. The van der Waals surface area contributed by atoms with E-state index < -0.39 is 17.6 Å². The Morgan fingerprint density at radius 3 is 2.52 bits per heavy atom. The lowest BCUT2D eigenvalue weighted by Gasteiger charge is -2.22. The predicted molar refractivity (Wildman–Crippen MR) is 90.1 cm³/mol. The van der Waals surface area contributed by atoms with Crippen molar-refractivity contribution in [3.63, 3.8) is 0 Å². The lowest BCUT2D eigenvalue weighted by atomic mass is 10.1. The lowest BCUT2D eigenvalue weighted by molar-refractivity contribution is -0.137. The maximum absolute atomic E-state index is 13.0. The van der Waals surface area contributed by atoms with Gasteiger partial charge in [0, 0.05) is 24.3 Å². The standard InChI is InChI=1S/C17H15ClF3N3O/c18-12-5-6-22-14(10-12)16(25)23-13-9-11(17(19,20)21)3-4-15(13)24-7-1-2-8-24/h3-6,9-10H,1-2,7-8H2,(H,23,25). The molecular formula is C17H15ClF3N3O. The minimum Gasteiger partial charge on any atom is -0.370 e. The van der Waals surface area contributed by atoms with E-state index in [0.717, 1.165) is 38.1 Å². The predicted octanol–water partition coefficient (Wildman–Crippen LogP) is 4.61. The number of hydrogen-bond donors (Lipinski definition) is 1. The van der Waals surface area contributed by atoms with Gasteiger partial charge in [0.1, 0.15) is 5.69 Å². The molecule has 0 radical (unpaired) electrons. The molecule has 8 heteroatoms. The van der Waals surface area contributed by atoms with E-state index in [-0.39, 0.29) is 11.4 Å². The van der Waals surface area contributed by atoms with Crippen LogP contribution in [0.4, 0.5) is 24.5 Å². The van der Waals surface area contributed by atoms with Crippen LogP contribution >= 0.6 is 11.6 Å².